The number of ether oxygens (including phenoxy) is 1. The van der Waals surface area contributed by atoms with Gasteiger partial charge in [0.1, 0.15) is 22.8 Å². The molecule has 0 amide bonds. The number of thiocarbonyl (C=S) groups is 1. The lowest BCUT2D eigenvalue weighted by Gasteiger charge is -2.28. The standard InChI is InChI=1S/C23H23F4NOS/c1-13-4-6-16(7-5-13)17-8-14(2)21(19(24)10-17)23(26,27)29-18-9-15(3)22(28-12-30)20(25)11-18/h8-11,13,16H,4-7H2,1-3H3. The number of rotatable bonds is 5. The topological polar surface area (TPSA) is 21.6 Å². The highest BCUT2D eigenvalue weighted by Gasteiger charge is 2.40. The van der Waals surface area contributed by atoms with Crippen molar-refractivity contribution < 1.29 is 22.3 Å². The summed E-state index contributed by atoms with van der Waals surface area (Å²) >= 11 is 4.45. The molecule has 2 aromatic rings. The van der Waals surface area contributed by atoms with E-state index in [1.165, 1.54) is 26.0 Å². The highest BCUT2D eigenvalue weighted by molar-refractivity contribution is 7.78. The van der Waals surface area contributed by atoms with Crippen molar-refractivity contribution in [2.75, 3.05) is 0 Å². The molecule has 0 aromatic heterocycles. The average molecular weight is 438 g/mol. The molecule has 0 saturated heterocycles. The molecule has 2 nitrogen and oxygen atoms in total. The monoisotopic (exact) mass is 437 g/mol. The van der Waals surface area contributed by atoms with Gasteiger partial charge in [0.05, 0.1) is 5.16 Å². The summed E-state index contributed by atoms with van der Waals surface area (Å²) in [5, 5.41) is 2.04. The predicted octanol–water partition coefficient (Wildman–Crippen LogP) is 7.74. The molecule has 0 aliphatic heterocycles. The molecule has 0 spiro atoms. The Labute approximate surface area is 179 Å². The molecule has 0 atom stereocenters. The second-order valence-electron chi connectivity index (χ2n) is 8.04. The van der Waals surface area contributed by atoms with E-state index in [2.05, 4.69) is 24.1 Å². The van der Waals surface area contributed by atoms with E-state index in [4.69, 9.17) is 4.74 Å². The molecule has 7 heteroatoms. The summed E-state index contributed by atoms with van der Waals surface area (Å²) in [6.45, 7) is 5.10. The van der Waals surface area contributed by atoms with Gasteiger partial charge in [-0.3, -0.25) is 0 Å². The van der Waals surface area contributed by atoms with Crippen LogP contribution in [0.4, 0.5) is 23.2 Å². The molecule has 160 valence electrons. The maximum atomic E-state index is 14.9. The minimum absolute atomic E-state index is 0.103. The number of aliphatic imine (C=N–C) groups is 1. The predicted molar refractivity (Wildman–Crippen MR) is 112 cm³/mol. The fourth-order valence-electron chi connectivity index (χ4n) is 4.12. The third-order valence-electron chi connectivity index (χ3n) is 5.72. The van der Waals surface area contributed by atoms with Gasteiger partial charge in [0, 0.05) is 6.07 Å². The molecule has 0 heterocycles. The van der Waals surface area contributed by atoms with Crippen LogP contribution in [0.1, 0.15) is 60.8 Å². The fraction of sp³-hybridized carbons (Fsp3) is 0.435. The Balaban J connectivity index is 1.90. The molecular formula is C23H23F4NOS. The van der Waals surface area contributed by atoms with Crippen LogP contribution >= 0.6 is 12.2 Å². The Morgan fingerprint density at radius 1 is 1.00 bits per heavy atom. The average Bonchev–Trinajstić information content (AvgIpc) is 2.64. The van der Waals surface area contributed by atoms with Crippen LogP contribution in [-0.4, -0.2) is 5.16 Å². The van der Waals surface area contributed by atoms with Gasteiger partial charge >= 0.3 is 6.11 Å². The maximum absolute atomic E-state index is 14.9. The number of aryl methyl sites for hydroxylation is 2. The van der Waals surface area contributed by atoms with Crippen molar-refractivity contribution in [2.45, 2.75) is 58.5 Å². The molecule has 1 aliphatic rings. The van der Waals surface area contributed by atoms with Crippen LogP contribution in [0, 0.1) is 31.4 Å². The molecule has 0 N–H and O–H groups in total. The number of isothiocyanates is 1. The normalized spacial score (nSPS) is 19.3. The van der Waals surface area contributed by atoms with Gasteiger partial charge in [-0.25, -0.2) is 8.78 Å². The van der Waals surface area contributed by atoms with Crippen molar-refractivity contribution in [3.05, 3.63) is 58.2 Å². The van der Waals surface area contributed by atoms with Gasteiger partial charge in [-0.05, 0) is 79.6 Å². The maximum Gasteiger partial charge on any atom is 0.429 e. The summed E-state index contributed by atoms with van der Waals surface area (Å²) in [5.41, 5.74) is 0.148. The largest absolute Gasteiger partial charge is 0.429 e. The Bertz CT molecular complexity index is 947. The van der Waals surface area contributed by atoms with Crippen molar-refractivity contribution in [3.8, 4) is 5.75 Å². The zero-order valence-corrected chi connectivity index (χ0v) is 17.9. The third kappa shape index (κ3) is 4.73. The van der Waals surface area contributed by atoms with E-state index in [1.807, 2.05) is 5.16 Å². The van der Waals surface area contributed by atoms with Gasteiger partial charge in [0.2, 0.25) is 0 Å². The first kappa shape index (κ1) is 22.4. The van der Waals surface area contributed by atoms with E-state index < -0.39 is 29.1 Å². The first-order chi connectivity index (χ1) is 14.1. The Morgan fingerprint density at radius 3 is 2.23 bits per heavy atom. The van der Waals surface area contributed by atoms with Gasteiger partial charge in [0.15, 0.2) is 5.82 Å². The summed E-state index contributed by atoms with van der Waals surface area (Å²) in [6, 6.07) is 4.77. The summed E-state index contributed by atoms with van der Waals surface area (Å²) in [7, 11) is 0. The molecule has 1 saturated carbocycles. The van der Waals surface area contributed by atoms with Crippen LogP contribution in [0.3, 0.4) is 0 Å². The van der Waals surface area contributed by atoms with Crippen LogP contribution < -0.4 is 4.74 Å². The molecular weight excluding hydrogens is 414 g/mol. The van der Waals surface area contributed by atoms with E-state index in [1.54, 1.807) is 6.07 Å². The Kier molecular flexibility index (Phi) is 6.63. The number of benzene rings is 2. The summed E-state index contributed by atoms with van der Waals surface area (Å²) in [5.74, 6) is -1.52. The van der Waals surface area contributed by atoms with Crippen LogP contribution in [0.5, 0.6) is 5.75 Å². The molecule has 0 unspecified atom stereocenters. The molecule has 30 heavy (non-hydrogen) atoms. The molecule has 1 aliphatic carbocycles. The minimum Gasteiger partial charge on any atom is -0.429 e. The van der Waals surface area contributed by atoms with Gasteiger partial charge in [-0.2, -0.15) is 13.8 Å². The van der Waals surface area contributed by atoms with Crippen LogP contribution in [-0.2, 0) is 6.11 Å². The van der Waals surface area contributed by atoms with E-state index in [0.29, 0.717) is 5.92 Å². The number of hydrogen-bond acceptors (Lipinski definition) is 3. The van der Waals surface area contributed by atoms with Crippen molar-refractivity contribution in [1.82, 2.24) is 0 Å². The highest BCUT2D eigenvalue weighted by Crippen LogP contribution is 2.41. The zero-order chi connectivity index (χ0) is 22.1. The molecule has 2 aromatic carbocycles. The fourth-order valence-corrected chi connectivity index (χ4v) is 4.21. The lowest BCUT2D eigenvalue weighted by molar-refractivity contribution is -0.188. The van der Waals surface area contributed by atoms with Gasteiger partial charge in [-0.15, -0.1) is 0 Å². The van der Waals surface area contributed by atoms with E-state index >= 15 is 0 Å². The SMILES string of the molecule is Cc1cc(OC(F)(F)c2c(C)cc(C3CCC(C)CC3)cc2F)cc(F)c1N=C=S. The molecule has 3 rings (SSSR count). The summed E-state index contributed by atoms with van der Waals surface area (Å²) < 4.78 is 63.4. The van der Waals surface area contributed by atoms with Crippen molar-refractivity contribution >= 4 is 23.1 Å². The minimum atomic E-state index is -3.97. The van der Waals surface area contributed by atoms with E-state index in [-0.39, 0.29) is 22.7 Å². The number of nitrogens with zero attached hydrogens (tertiary/aromatic N) is 1. The van der Waals surface area contributed by atoms with Crippen molar-refractivity contribution in [2.24, 2.45) is 10.9 Å². The zero-order valence-electron chi connectivity index (χ0n) is 17.1. The van der Waals surface area contributed by atoms with Crippen molar-refractivity contribution in [3.63, 3.8) is 0 Å². The quantitative estimate of drug-likeness (QED) is 0.271. The molecule has 1 fully saturated rings. The van der Waals surface area contributed by atoms with E-state index in [9.17, 15) is 17.6 Å². The third-order valence-corrected chi connectivity index (χ3v) is 5.81. The lowest BCUT2D eigenvalue weighted by atomic mass is 9.79. The highest BCUT2D eigenvalue weighted by atomic mass is 32.1. The number of alkyl halides is 2. The second kappa shape index (κ2) is 8.86. The second-order valence-corrected chi connectivity index (χ2v) is 8.23. The first-order valence-corrected chi connectivity index (χ1v) is 10.3. The van der Waals surface area contributed by atoms with Crippen LogP contribution in [0.15, 0.2) is 29.3 Å². The molecule has 0 radical (unpaired) electrons. The number of halogens is 4. The smallest absolute Gasteiger partial charge is 0.429 e. The van der Waals surface area contributed by atoms with Gasteiger partial charge < -0.3 is 4.74 Å². The molecule has 0 bridgehead atoms. The Hall–Kier alpha value is -2.24. The first-order valence-electron chi connectivity index (χ1n) is 9.87. The Morgan fingerprint density at radius 2 is 1.67 bits per heavy atom. The van der Waals surface area contributed by atoms with Gasteiger partial charge in [-0.1, -0.05) is 25.8 Å². The van der Waals surface area contributed by atoms with E-state index in [0.717, 1.165) is 37.3 Å². The summed E-state index contributed by atoms with van der Waals surface area (Å²) in [6.07, 6.45) is -0.0502. The summed E-state index contributed by atoms with van der Waals surface area (Å²) in [4.78, 5) is 3.58. The van der Waals surface area contributed by atoms with Gasteiger partial charge in [0.25, 0.3) is 0 Å². The van der Waals surface area contributed by atoms with Crippen LogP contribution in [0.25, 0.3) is 0 Å². The van der Waals surface area contributed by atoms with Crippen LogP contribution in [0.2, 0.25) is 0 Å². The number of hydrogen-bond donors (Lipinski definition) is 0. The van der Waals surface area contributed by atoms with Crippen molar-refractivity contribution in [1.29, 1.82) is 0 Å². The lowest BCUT2D eigenvalue weighted by Crippen LogP contribution is -2.25.